The van der Waals surface area contributed by atoms with Crippen LogP contribution in [-0.4, -0.2) is 8.42 Å². The van der Waals surface area contributed by atoms with Gasteiger partial charge in [-0.15, -0.1) is 0 Å². The standard InChI is InChI=1S/C13H12Cl2N2O2S/c14-10-5-6-12(16)13(7-10)20(18,19)17-8-9-3-1-2-4-11(9)15/h1-7,17H,8,16H2. The van der Waals surface area contributed by atoms with E-state index in [0.717, 1.165) is 0 Å². The maximum absolute atomic E-state index is 12.2. The first-order chi connectivity index (χ1) is 9.40. The number of hydrogen-bond donors (Lipinski definition) is 2. The van der Waals surface area contributed by atoms with E-state index in [2.05, 4.69) is 4.72 Å². The molecule has 7 heteroatoms. The molecule has 0 unspecified atom stereocenters. The van der Waals surface area contributed by atoms with E-state index >= 15 is 0 Å². The Hall–Kier alpha value is -1.27. The van der Waals surface area contributed by atoms with Crippen molar-refractivity contribution in [1.82, 2.24) is 4.72 Å². The van der Waals surface area contributed by atoms with Gasteiger partial charge in [-0.1, -0.05) is 41.4 Å². The quantitative estimate of drug-likeness (QED) is 0.846. The van der Waals surface area contributed by atoms with Crippen LogP contribution in [0.5, 0.6) is 0 Å². The summed E-state index contributed by atoms with van der Waals surface area (Å²) in [5, 5.41) is 0.798. The van der Waals surface area contributed by atoms with Gasteiger partial charge in [-0.25, -0.2) is 13.1 Å². The zero-order chi connectivity index (χ0) is 14.8. The molecular formula is C13H12Cl2N2O2S. The second-order valence-electron chi connectivity index (χ2n) is 4.10. The lowest BCUT2D eigenvalue weighted by Crippen LogP contribution is -2.24. The molecule has 2 aromatic rings. The Morgan fingerprint density at radius 3 is 2.50 bits per heavy atom. The Morgan fingerprint density at radius 2 is 1.80 bits per heavy atom. The van der Waals surface area contributed by atoms with Crippen LogP contribution in [0.3, 0.4) is 0 Å². The van der Waals surface area contributed by atoms with E-state index in [1.54, 1.807) is 24.3 Å². The number of nitrogens with one attached hydrogen (secondary N) is 1. The van der Waals surface area contributed by atoms with E-state index in [1.165, 1.54) is 18.2 Å². The molecule has 2 rings (SSSR count). The van der Waals surface area contributed by atoms with E-state index in [-0.39, 0.29) is 17.1 Å². The Labute approximate surface area is 127 Å². The minimum absolute atomic E-state index is 0.0444. The number of rotatable bonds is 4. The lowest BCUT2D eigenvalue weighted by molar-refractivity contribution is 0.582. The van der Waals surface area contributed by atoms with Gasteiger partial charge in [-0.2, -0.15) is 0 Å². The molecule has 0 fully saturated rings. The number of benzene rings is 2. The molecule has 0 saturated carbocycles. The Kier molecular flexibility index (Phi) is 4.55. The normalized spacial score (nSPS) is 11.5. The Balaban J connectivity index is 2.24. The molecule has 0 radical (unpaired) electrons. The fraction of sp³-hybridized carbons (Fsp3) is 0.0769. The fourth-order valence-electron chi connectivity index (χ4n) is 1.63. The molecule has 0 amide bonds. The first-order valence-corrected chi connectivity index (χ1v) is 7.92. The molecule has 0 aliphatic rings. The highest BCUT2D eigenvalue weighted by Crippen LogP contribution is 2.23. The van der Waals surface area contributed by atoms with Crippen molar-refractivity contribution in [3.63, 3.8) is 0 Å². The summed E-state index contributed by atoms with van der Waals surface area (Å²) in [5.41, 5.74) is 6.49. The zero-order valence-electron chi connectivity index (χ0n) is 10.3. The molecule has 0 spiro atoms. The van der Waals surface area contributed by atoms with Crippen LogP contribution >= 0.6 is 23.2 Å². The molecule has 0 saturated heterocycles. The van der Waals surface area contributed by atoms with Gasteiger partial charge in [0.05, 0.1) is 5.69 Å². The van der Waals surface area contributed by atoms with E-state index in [9.17, 15) is 8.42 Å². The van der Waals surface area contributed by atoms with Crippen molar-refractivity contribution < 1.29 is 8.42 Å². The summed E-state index contributed by atoms with van der Waals surface area (Å²) in [6.45, 7) is 0.0773. The third-order valence-corrected chi connectivity index (χ3v) is 4.74. The predicted octanol–water partition coefficient (Wildman–Crippen LogP) is 3.05. The number of sulfonamides is 1. The summed E-state index contributed by atoms with van der Waals surface area (Å²) in [6, 6.07) is 11.3. The van der Waals surface area contributed by atoms with Crippen molar-refractivity contribution in [2.75, 3.05) is 5.73 Å². The minimum Gasteiger partial charge on any atom is -0.398 e. The smallest absolute Gasteiger partial charge is 0.242 e. The van der Waals surface area contributed by atoms with Crippen LogP contribution in [0.1, 0.15) is 5.56 Å². The van der Waals surface area contributed by atoms with Gasteiger partial charge in [0.15, 0.2) is 0 Å². The summed E-state index contributed by atoms with van der Waals surface area (Å²) in [4.78, 5) is -0.0444. The van der Waals surface area contributed by atoms with Crippen LogP contribution in [0.2, 0.25) is 10.0 Å². The predicted molar refractivity (Wildman–Crippen MR) is 81.3 cm³/mol. The van der Waals surface area contributed by atoms with Crippen molar-refractivity contribution in [3.05, 3.63) is 58.1 Å². The second-order valence-corrected chi connectivity index (χ2v) is 6.68. The molecule has 0 heterocycles. The molecule has 0 aliphatic carbocycles. The van der Waals surface area contributed by atoms with Gasteiger partial charge in [0.25, 0.3) is 0 Å². The van der Waals surface area contributed by atoms with Gasteiger partial charge in [-0.05, 0) is 29.8 Å². The summed E-state index contributed by atoms with van der Waals surface area (Å²) in [6.07, 6.45) is 0. The lowest BCUT2D eigenvalue weighted by atomic mass is 10.2. The number of halogens is 2. The molecular weight excluding hydrogens is 319 g/mol. The van der Waals surface area contributed by atoms with Crippen molar-refractivity contribution in [1.29, 1.82) is 0 Å². The molecule has 4 nitrogen and oxygen atoms in total. The Morgan fingerprint density at radius 1 is 1.10 bits per heavy atom. The lowest BCUT2D eigenvalue weighted by Gasteiger charge is -2.10. The van der Waals surface area contributed by atoms with Crippen LogP contribution in [0.25, 0.3) is 0 Å². The maximum atomic E-state index is 12.2. The summed E-state index contributed by atoms with van der Waals surface area (Å²) in [5.74, 6) is 0. The van der Waals surface area contributed by atoms with Gasteiger partial charge in [0.1, 0.15) is 4.90 Å². The maximum Gasteiger partial charge on any atom is 0.242 e. The van der Waals surface area contributed by atoms with Crippen molar-refractivity contribution >= 4 is 38.9 Å². The van der Waals surface area contributed by atoms with Crippen LogP contribution < -0.4 is 10.5 Å². The minimum atomic E-state index is -3.75. The summed E-state index contributed by atoms with van der Waals surface area (Å²) >= 11 is 11.8. The van der Waals surface area contributed by atoms with Crippen LogP contribution in [0.4, 0.5) is 5.69 Å². The molecule has 3 N–H and O–H groups in total. The molecule has 106 valence electrons. The second kappa shape index (κ2) is 6.01. The first kappa shape index (κ1) is 15.1. The molecule has 0 aliphatic heterocycles. The fourth-order valence-corrected chi connectivity index (χ4v) is 3.23. The third-order valence-electron chi connectivity index (χ3n) is 2.68. The van der Waals surface area contributed by atoms with E-state index in [0.29, 0.717) is 15.6 Å². The van der Waals surface area contributed by atoms with Gasteiger partial charge < -0.3 is 5.73 Å². The zero-order valence-corrected chi connectivity index (χ0v) is 12.6. The van der Waals surface area contributed by atoms with E-state index in [4.69, 9.17) is 28.9 Å². The molecule has 2 aromatic carbocycles. The number of anilines is 1. The van der Waals surface area contributed by atoms with Gasteiger partial charge >= 0.3 is 0 Å². The summed E-state index contributed by atoms with van der Waals surface area (Å²) < 4.78 is 26.8. The highest BCUT2D eigenvalue weighted by molar-refractivity contribution is 7.89. The Bertz CT molecular complexity index is 733. The highest BCUT2D eigenvalue weighted by Gasteiger charge is 2.18. The number of nitrogen functional groups attached to an aromatic ring is 1. The van der Waals surface area contributed by atoms with Gasteiger partial charge in [0, 0.05) is 16.6 Å². The molecule has 0 atom stereocenters. The van der Waals surface area contributed by atoms with Crippen molar-refractivity contribution in [2.24, 2.45) is 0 Å². The van der Waals surface area contributed by atoms with Crippen molar-refractivity contribution in [3.8, 4) is 0 Å². The number of hydrogen-bond acceptors (Lipinski definition) is 3. The van der Waals surface area contributed by atoms with Crippen molar-refractivity contribution in [2.45, 2.75) is 11.4 Å². The molecule has 0 aromatic heterocycles. The summed E-state index contributed by atoms with van der Waals surface area (Å²) in [7, 11) is -3.75. The molecule has 20 heavy (non-hydrogen) atoms. The monoisotopic (exact) mass is 330 g/mol. The average Bonchev–Trinajstić information content (AvgIpc) is 2.40. The van der Waals surface area contributed by atoms with Gasteiger partial charge in [0.2, 0.25) is 10.0 Å². The third kappa shape index (κ3) is 3.43. The first-order valence-electron chi connectivity index (χ1n) is 5.68. The van der Waals surface area contributed by atoms with E-state index < -0.39 is 10.0 Å². The van der Waals surface area contributed by atoms with Crippen LogP contribution in [0.15, 0.2) is 47.4 Å². The van der Waals surface area contributed by atoms with E-state index in [1.807, 2.05) is 0 Å². The molecule has 0 bridgehead atoms. The topological polar surface area (TPSA) is 72.2 Å². The average molecular weight is 331 g/mol. The van der Waals surface area contributed by atoms with Crippen LogP contribution in [-0.2, 0) is 16.6 Å². The highest BCUT2D eigenvalue weighted by atomic mass is 35.5. The number of nitrogens with two attached hydrogens (primary N) is 1. The largest absolute Gasteiger partial charge is 0.398 e. The van der Waals surface area contributed by atoms with Gasteiger partial charge in [-0.3, -0.25) is 0 Å². The SMILES string of the molecule is Nc1ccc(Cl)cc1S(=O)(=O)NCc1ccccc1Cl. The van der Waals surface area contributed by atoms with Crippen LogP contribution in [0, 0.1) is 0 Å².